The number of nitrogens with two attached hydrogens (primary N) is 1. The predicted molar refractivity (Wildman–Crippen MR) is 99.5 cm³/mol. The van der Waals surface area contributed by atoms with Gasteiger partial charge in [0, 0.05) is 26.2 Å². The second kappa shape index (κ2) is 9.19. The highest BCUT2D eigenvalue weighted by Crippen LogP contribution is 2.20. The van der Waals surface area contributed by atoms with Crippen LogP contribution < -0.4 is 5.73 Å². The first-order chi connectivity index (χ1) is 11.5. The highest BCUT2D eigenvalue weighted by molar-refractivity contribution is 5.82. The summed E-state index contributed by atoms with van der Waals surface area (Å²) < 4.78 is 0. The van der Waals surface area contributed by atoms with E-state index in [4.69, 9.17) is 5.73 Å². The Bertz CT molecular complexity index is 503. The molecule has 1 fully saturated rings. The van der Waals surface area contributed by atoms with Crippen LogP contribution >= 0.6 is 0 Å². The topological polar surface area (TPSA) is 49.6 Å². The van der Waals surface area contributed by atoms with E-state index >= 15 is 0 Å². The molecular formula is C20H33N3O. The lowest BCUT2D eigenvalue weighted by Crippen LogP contribution is -2.51. The number of carbonyl (C=O) groups excluding carboxylic acids is 1. The maximum atomic E-state index is 12.5. The predicted octanol–water partition coefficient (Wildman–Crippen LogP) is 2.73. The average molecular weight is 332 g/mol. The molecule has 0 aliphatic carbocycles. The number of hydrogen-bond donors (Lipinski definition) is 1. The van der Waals surface area contributed by atoms with Gasteiger partial charge in [0.15, 0.2) is 0 Å². The molecule has 0 radical (unpaired) electrons. The second-order valence-electron chi connectivity index (χ2n) is 7.38. The van der Waals surface area contributed by atoms with E-state index in [1.54, 1.807) is 0 Å². The van der Waals surface area contributed by atoms with Gasteiger partial charge in [0.1, 0.15) is 0 Å². The molecule has 2 atom stereocenters. The van der Waals surface area contributed by atoms with Crippen molar-refractivity contribution < 1.29 is 4.79 Å². The third-order valence-electron chi connectivity index (χ3n) is 5.05. The summed E-state index contributed by atoms with van der Waals surface area (Å²) in [5.41, 5.74) is 7.42. The fraction of sp³-hybridized carbons (Fsp3) is 0.650. The number of benzene rings is 1. The fourth-order valence-corrected chi connectivity index (χ4v) is 3.42. The van der Waals surface area contributed by atoms with Gasteiger partial charge in [0.05, 0.1) is 6.04 Å². The van der Waals surface area contributed by atoms with Crippen LogP contribution in [-0.2, 0) is 11.3 Å². The van der Waals surface area contributed by atoms with Gasteiger partial charge in [0.2, 0.25) is 5.91 Å². The summed E-state index contributed by atoms with van der Waals surface area (Å²) >= 11 is 0. The minimum absolute atomic E-state index is 0.126. The lowest BCUT2D eigenvalue weighted by molar-refractivity contribution is -0.135. The maximum Gasteiger partial charge on any atom is 0.239 e. The molecule has 1 aliphatic heterocycles. The highest BCUT2D eigenvalue weighted by atomic mass is 16.2. The van der Waals surface area contributed by atoms with Crippen LogP contribution in [0.1, 0.15) is 39.2 Å². The number of carbonyl (C=O) groups is 1. The monoisotopic (exact) mass is 331 g/mol. The number of piperidine rings is 1. The van der Waals surface area contributed by atoms with Crippen LogP contribution in [0.2, 0.25) is 0 Å². The summed E-state index contributed by atoms with van der Waals surface area (Å²) in [6, 6.07) is 10.2. The van der Waals surface area contributed by atoms with E-state index in [0.717, 1.165) is 39.1 Å². The van der Waals surface area contributed by atoms with Crippen molar-refractivity contribution in [1.29, 1.82) is 0 Å². The first kappa shape index (κ1) is 18.9. The van der Waals surface area contributed by atoms with E-state index < -0.39 is 0 Å². The highest BCUT2D eigenvalue weighted by Gasteiger charge is 2.29. The standard InChI is InChI=1S/C20H33N3O/c1-4-22(13-17-9-6-5-7-10-17)14-18-11-8-12-23(15-18)20(24)19(21)16(2)3/h5-7,9-10,16,18-19H,4,8,11-15,21H2,1-3H3/t18?,19-/m0/s1. The van der Waals surface area contributed by atoms with E-state index in [-0.39, 0.29) is 17.9 Å². The lowest BCUT2D eigenvalue weighted by Gasteiger charge is -2.37. The SMILES string of the molecule is CCN(Cc1ccccc1)CC1CCCN(C(=O)[C@@H](N)C(C)C)C1. The van der Waals surface area contributed by atoms with E-state index in [1.165, 1.54) is 12.0 Å². The van der Waals surface area contributed by atoms with Gasteiger partial charge in [-0.1, -0.05) is 51.1 Å². The van der Waals surface area contributed by atoms with Crippen molar-refractivity contribution in [1.82, 2.24) is 9.80 Å². The molecule has 0 spiro atoms. The number of hydrogen-bond acceptors (Lipinski definition) is 3. The molecule has 4 nitrogen and oxygen atoms in total. The Morgan fingerprint density at radius 1 is 1.33 bits per heavy atom. The molecule has 4 heteroatoms. The quantitative estimate of drug-likeness (QED) is 0.836. The van der Waals surface area contributed by atoms with Crippen LogP contribution in [0.25, 0.3) is 0 Å². The molecule has 0 saturated carbocycles. The number of likely N-dealkylation sites (tertiary alicyclic amines) is 1. The molecule has 1 saturated heterocycles. The van der Waals surface area contributed by atoms with Gasteiger partial charge < -0.3 is 10.6 Å². The molecule has 0 aromatic heterocycles. The molecule has 2 N–H and O–H groups in total. The molecule has 1 aromatic rings. The molecule has 24 heavy (non-hydrogen) atoms. The van der Waals surface area contributed by atoms with Gasteiger partial charge in [-0.15, -0.1) is 0 Å². The zero-order chi connectivity index (χ0) is 17.5. The van der Waals surface area contributed by atoms with Crippen LogP contribution in [0.5, 0.6) is 0 Å². The van der Waals surface area contributed by atoms with Gasteiger partial charge in [-0.25, -0.2) is 0 Å². The summed E-state index contributed by atoms with van der Waals surface area (Å²) in [5.74, 6) is 0.870. The van der Waals surface area contributed by atoms with E-state index in [0.29, 0.717) is 5.92 Å². The van der Waals surface area contributed by atoms with Crippen molar-refractivity contribution in [3.63, 3.8) is 0 Å². The van der Waals surface area contributed by atoms with Crippen molar-refractivity contribution >= 4 is 5.91 Å². The molecule has 1 aromatic carbocycles. The first-order valence-corrected chi connectivity index (χ1v) is 9.32. The third kappa shape index (κ3) is 5.32. The minimum atomic E-state index is -0.365. The average Bonchev–Trinajstić information content (AvgIpc) is 2.61. The Balaban J connectivity index is 1.90. The zero-order valence-electron chi connectivity index (χ0n) is 15.4. The zero-order valence-corrected chi connectivity index (χ0v) is 15.4. The Hall–Kier alpha value is -1.39. The van der Waals surface area contributed by atoms with E-state index in [9.17, 15) is 4.79 Å². The lowest BCUT2D eigenvalue weighted by atomic mass is 9.95. The third-order valence-corrected chi connectivity index (χ3v) is 5.05. The number of amides is 1. The Morgan fingerprint density at radius 3 is 2.67 bits per heavy atom. The normalized spacial score (nSPS) is 19.8. The van der Waals surface area contributed by atoms with Gasteiger partial charge >= 0.3 is 0 Å². The van der Waals surface area contributed by atoms with Crippen LogP contribution in [0, 0.1) is 11.8 Å². The smallest absolute Gasteiger partial charge is 0.239 e. The Labute approximate surface area is 147 Å². The van der Waals surface area contributed by atoms with Crippen molar-refractivity contribution in [2.45, 2.75) is 46.2 Å². The molecule has 1 amide bonds. The molecule has 1 heterocycles. The maximum absolute atomic E-state index is 12.5. The molecule has 2 rings (SSSR count). The van der Waals surface area contributed by atoms with Gasteiger partial charge in [-0.3, -0.25) is 9.69 Å². The summed E-state index contributed by atoms with van der Waals surface area (Å²) in [5, 5.41) is 0. The Morgan fingerprint density at radius 2 is 2.04 bits per heavy atom. The van der Waals surface area contributed by atoms with E-state index in [2.05, 4.69) is 42.2 Å². The summed E-state index contributed by atoms with van der Waals surface area (Å²) in [7, 11) is 0. The van der Waals surface area contributed by atoms with Crippen molar-refractivity contribution in [2.75, 3.05) is 26.2 Å². The second-order valence-corrected chi connectivity index (χ2v) is 7.38. The van der Waals surface area contributed by atoms with Crippen molar-refractivity contribution in [3.8, 4) is 0 Å². The van der Waals surface area contributed by atoms with Gasteiger partial charge in [0.25, 0.3) is 0 Å². The van der Waals surface area contributed by atoms with Crippen molar-refractivity contribution in [3.05, 3.63) is 35.9 Å². The van der Waals surface area contributed by atoms with Crippen LogP contribution in [0.4, 0.5) is 0 Å². The van der Waals surface area contributed by atoms with Crippen LogP contribution in [-0.4, -0.2) is 47.9 Å². The van der Waals surface area contributed by atoms with Gasteiger partial charge in [-0.05, 0) is 36.8 Å². The van der Waals surface area contributed by atoms with Crippen LogP contribution in [0.15, 0.2) is 30.3 Å². The molecular weight excluding hydrogens is 298 g/mol. The molecule has 0 bridgehead atoms. The molecule has 1 aliphatic rings. The molecule has 1 unspecified atom stereocenters. The summed E-state index contributed by atoms with van der Waals surface area (Å²) in [4.78, 5) is 17.0. The fourth-order valence-electron chi connectivity index (χ4n) is 3.42. The van der Waals surface area contributed by atoms with Crippen molar-refractivity contribution in [2.24, 2.45) is 17.6 Å². The van der Waals surface area contributed by atoms with Gasteiger partial charge in [-0.2, -0.15) is 0 Å². The summed E-state index contributed by atoms with van der Waals surface area (Å²) in [6.45, 7) is 11.0. The first-order valence-electron chi connectivity index (χ1n) is 9.32. The Kier molecular flexibility index (Phi) is 7.25. The largest absolute Gasteiger partial charge is 0.341 e. The number of rotatable bonds is 7. The summed E-state index contributed by atoms with van der Waals surface area (Å²) in [6.07, 6.45) is 2.29. The minimum Gasteiger partial charge on any atom is -0.341 e. The molecule has 134 valence electrons. The van der Waals surface area contributed by atoms with Crippen LogP contribution in [0.3, 0.4) is 0 Å². The number of nitrogens with zero attached hydrogens (tertiary/aromatic N) is 2. The van der Waals surface area contributed by atoms with E-state index in [1.807, 2.05) is 18.7 Å².